The average molecular weight is 345 g/mol. The van der Waals surface area contributed by atoms with Crippen molar-refractivity contribution in [2.75, 3.05) is 7.05 Å². The molecule has 0 radical (unpaired) electrons. The number of piperidine rings is 1. The van der Waals surface area contributed by atoms with E-state index in [1.165, 1.54) is 0 Å². The number of rotatable bonds is 3. The molecule has 2 atom stereocenters. The molecule has 1 aliphatic heterocycles. The molecule has 7 heteroatoms. The molecule has 118 valence electrons. The van der Waals surface area contributed by atoms with Crippen molar-refractivity contribution in [3.8, 4) is 10.7 Å². The largest absolute Gasteiger partial charge is 0.339 e. The standard InChI is InChI=1S/C16H15N3O2S2/c1-19-13(20)7-6-10(14(19)11-4-2-8-22-11)16-17-15(18-21-16)12-5-3-9-23-12/h2-5,8-10,14H,6-7H2,1H3/t10-,14+/m0/s1. The van der Waals surface area contributed by atoms with Crippen LogP contribution in [0.2, 0.25) is 0 Å². The van der Waals surface area contributed by atoms with E-state index in [-0.39, 0.29) is 17.9 Å². The monoisotopic (exact) mass is 345 g/mol. The van der Waals surface area contributed by atoms with Crippen molar-refractivity contribution >= 4 is 28.6 Å². The Bertz CT molecular complexity index is 795. The highest BCUT2D eigenvalue weighted by Crippen LogP contribution is 2.43. The van der Waals surface area contributed by atoms with Crippen LogP contribution in [0.4, 0.5) is 0 Å². The van der Waals surface area contributed by atoms with Crippen molar-refractivity contribution < 1.29 is 9.32 Å². The smallest absolute Gasteiger partial charge is 0.232 e. The van der Waals surface area contributed by atoms with Gasteiger partial charge in [-0.2, -0.15) is 4.98 Å². The molecule has 0 bridgehead atoms. The highest BCUT2D eigenvalue weighted by atomic mass is 32.1. The average Bonchev–Trinajstić information content (AvgIpc) is 3.31. The number of likely N-dealkylation sites (N-methyl/N-ethyl adjacent to an activating group) is 1. The number of likely N-dealkylation sites (tertiary alicyclic amines) is 1. The van der Waals surface area contributed by atoms with Crippen LogP contribution in [0.1, 0.15) is 35.6 Å². The van der Waals surface area contributed by atoms with Crippen LogP contribution in [0.25, 0.3) is 10.7 Å². The predicted octanol–water partition coefficient (Wildman–Crippen LogP) is 3.94. The van der Waals surface area contributed by atoms with Gasteiger partial charge in [0, 0.05) is 18.3 Å². The molecule has 0 aromatic carbocycles. The fraction of sp³-hybridized carbons (Fsp3) is 0.312. The van der Waals surface area contributed by atoms with E-state index in [4.69, 9.17) is 4.52 Å². The Morgan fingerprint density at radius 3 is 2.83 bits per heavy atom. The van der Waals surface area contributed by atoms with Crippen LogP contribution >= 0.6 is 22.7 Å². The fourth-order valence-corrected chi connectivity index (χ4v) is 4.62. The Labute approximate surface area is 141 Å². The van der Waals surface area contributed by atoms with Gasteiger partial charge in [-0.25, -0.2) is 0 Å². The highest BCUT2D eigenvalue weighted by Gasteiger charge is 2.39. The minimum absolute atomic E-state index is 0.0344. The first-order chi connectivity index (χ1) is 11.2. The molecule has 1 amide bonds. The third kappa shape index (κ3) is 2.60. The van der Waals surface area contributed by atoms with E-state index < -0.39 is 0 Å². The maximum atomic E-state index is 12.1. The molecule has 5 nitrogen and oxygen atoms in total. The van der Waals surface area contributed by atoms with Crippen LogP contribution in [0.15, 0.2) is 39.5 Å². The Morgan fingerprint density at radius 1 is 1.26 bits per heavy atom. The van der Waals surface area contributed by atoms with E-state index in [1.807, 2.05) is 40.9 Å². The number of carbonyl (C=O) groups excluding carboxylic acids is 1. The van der Waals surface area contributed by atoms with Crippen LogP contribution in [-0.4, -0.2) is 28.0 Å². The van der Waals surface area contributed by atoms with Crippen molar-refractivity contribution in [1.82, 2.24) is 15.0 Å². The van der Waals surface area contributed by atoms with Crippen molar-refractivity contribution in [1.29, 1.82) is 0 Å². The number of hydrogen-bond acceptors (Lipinski definition) is 6. The molecule has 0 spiro atoms. The fourth-order valence-electron chi connectivity index (χ4n) is 3.04. The maximum absolute atomic E-state index is 12.1. The molecule has 0 unspecified atom stereocenters. The van der Waals surface area contributed by atoms with Gasteiger partial charge in [0.15, 0.2) is 0 Å². The number of aromatic nitrogens is 2. The summed E-state index contributed by atoms with van der Waals surface area (Å²) in [6.45, 7) is 0. The Hall–Kier alpha value is -1.99. The van der Waals surface area contributed by atoms with Gasteiger partial charge in [-0.1, -0.05) is 17.3 Å². The molecule has 1 fully saturated rings. The molecule has 23 heavy (non-hydrogen) atoms. The third-order valence-electron chi connectivity index (χ3n) is 4.20. The number of carbonyl (C=O) groups is 1. The predicted molar refractivity (Wildman–Crippen MR) is 89.4 cm³/mol. The van der Waals surface area contributed by atoms with E-state index in [2.05, 4.69) is 16.2 Å². The number of amides is 1. The van der Waals surface area contributed by atoms with Gasteiger partial charge in [0.2, 0.25) is 17.6 Å². The third-order valence-corrected chi connectivity index (χ3v) is 6.00. The first-order valence-electron chi connectivity index (χ1n) is 7.40. The number of nitrogens with zero attached hydrogens (tertiary/aromatic N) is 3. The second-order valence-electron chi connectivity index (χ2n) is 5.54. The zero-order valence-corrected chi connectivity index (χ0v) is 14.1. The van der Waals surface area contributed by atoms with Gasteiger partial charge in [0.05, 0.1) is 16.8 Å². The lowest BCUT2D eigenvalue weighted by Crippen LogP contribution is -2.38. The molecule has 1 saturated heterocycles. The van der Waals surface area contributed by atoms with Gasteiger partial charge in [0.25, 0.3) is 0 Å². The lowest BCUT2D eigenvalue weighted by molar-refractivity contribution is -0.135. The molecule has 0 N–H and O–H groups in total. The van der Waals surface area contributed by atoms with Crippen molar-refractivity contribution in [3.05, 3.63) is 45.8 Å². The topological polar surface area (TPSA) is 59.2 Å². The van der Waals surface area contributed by atoms with Gasteiger partial charge >= 0.3 is 0 Å². The minimum atomic E-state index is -0.0344. The van der Waals surface area contributed by atoms with Crippen molar-refractivity contribution in [3.63, 3.8) is 0 Å². The summed E-state index contributed by atoms with van der Waals surface area (Å²) < 4.78 is 5.55. The second-order valence-corrected chi connectivity index (χ2v) is 7.47. The van der Waals surface area contributed by atoms with E-state index in [9.17, 15) is 4.79 Å². The zero-order valence-electron chi connectivity index (χ0n) is 12.5. The van der Waals surface area contributed by atoms with Gasteiger partial charge in [-0.05, 0) is 29.3 Å². The van der Waals surface area contributed by atoms with Gasteiger partial charge in [-0.15, -0.1) is 22.7 Å². The van der Waals surface area contributed by atoms with Crippen molar-refractivity contribution in [2.45, 2.75) is 24.8 Å². The van der Waals surface area contributed by atoms with Gasteiger partial charge in [-0.3, -0.25) is 4.79 Å². The maximum Gasteiger partial charge on any atom is 0.232 e. The van der Waals surface area contributed by atoms with Crippen LogP contribution in [0.3, 0.4) is 0 Å². The summed E-state index contributed by atoms with van der Waals surface area (Å²) in [5.41, 5.74) is 0. The first kappa shape index (κ1) is 14.6. The van der Waals surface area contributed by atoms with E-state index in [0.29, 0.717) is 18.1 Å². The van der Waals surface area contributed by atoms with E-state index in [1.54, 1.807) is 22.7 Å². The SMILES string of the molecule is CN1C(=O)CC[C@H](c2nc(-c3cccs3)no2)[C@@H]1c1cccs1. The highest BCUT2D eigenvalue weighted by molar-refractivity contribution is 7.13. The summed E-state index contributed by atoms with van der Waals surface area (Å²) in [6.07, 6.45) is 1.25. The lowest BCUT2D eigenvalue weighted by Gasteiger charge is -2.36. The summed E-state index contributed by atoms with van der Waals surface area (Å²) >= 11 is 3.24. The normalized spacial score (nSPS) is 21.8. The first-order valence-corrected chi connectivity index (χ1v) is 9.16. The Kier molecular flexibility index (Phi) is 3.74. The summed E-state index contributed by atoms with van der Waals surface area (Å²) in [5, 5.41) is 8.14. The molecule has 4 heterocycles. The van der Waals surface area contributed by atoms with Gasteiger partial charge in [0.1, 0.15) is 0 Å². The molecule has 3 aromatic heterocycles. The van der Waals surface area contributed by atoms with E-state index >= 15 is 0 Å². The Balaban J connectivity index is 1.70. The Morgan fingerprint density at radius 2 is 2.09 bits per heavy atom. The van der Waals surface area contributed by atoms with Crippen LogP contribution in [0, 0.1) is 0 Å². The second kappa shape index (κ2) is 5.90. The summed E-state index contributed by atoms with van der Waals surface area (Å²) in [5.74, 6) is 1.45. The van der Waals surface area contributed by atoms with Crippen LogP contribution < -0.4 is 0 Å². The summed E-state index contributed by atoms with van der Waals surface area (Å²) in [7, 11) is 1.86. The van der Waals surface area contributed by atoms with Crippen LogP contribution in [-0.2, 0) is 4.79 Å². The number of thiophene rings is 2. The summed E-state index contributed by atoms with van der Waals surface area (Å²) in [4.78, 5) is 20.7. The quantitative estimate of drug-likeness (QED) is 0.721. The molecule has 3 aromatic rings. The van der Waals surface area contributed by atoms with Gasteiger partial charge < -0.3 is 9.42 Å². The molecular weight excluding hydrogens is 330 g/mol. The molecular formula is C16H15N3O2S2. The molecule has 4 rings (SSSR count). The number of hydrogen-bond donors (Lipinski definition) is 0. The zero-order chi connectivity index (χ0) is 15.8. The molecule has 0 aliphatic carbocycles. The minimum Gasteiger partial charge on any atom is -0.339 e. The van der Waals surface area contributed by atoms with Crippen LogP contribution in [0.5, 0.6) is 0 Å². The van der Waals surface area contributed by atoms with Crippen molar-refractivity contribution in [2.24, 2.45) is 0 Å². The summed E-state index contributed by atoms with van der Waals surface area (Å²) in [6, 6.07) is 7.99. The molecule has 0 saturated carbocycles. The van der Waals surface area contributed by atoms with E-state index in [0.717, 1.165) is 16.2 Å². The lowest BCUT2D eigenvalue weighted by atomic mass is 9.88. The molecule has 1 aliphatic rings.